The third kappa shape index (κ3) is 3.61. The van der Waals surface area contributed by atoms with Crippen molar-refractivity contribution in [3.05, 3.63) is 46.7 Å². The summed E-state index contributed by atoms with van der Waals surface area (Å²) < 4.78 is 15.0. The number of likely N-dealkylation sites (N-methyl/N-ethyl adjacent to an activating group) is 1. The second kappa shape index (κ2) is 7.05. The Kier molecular flexibility index (Phi) is 4.74. The van der Waals surface area contributed by atoms with Gasteiger partial charge in [-0.3, -0.25) is 9.69 Å². The van der Waals surface area contributed by atoms with E-state index in [0.717, 1.165) is 21.6 Å². The number of hydrogen-bond acceptors (Lipinski definition) is 4. The minimum absolute atomic E-state index is 0.0581. The normalized spacial score (nSPS) is 15.4. The summed E-state index contributed by atoms with van der Waals surface area (Å²) in [7, 11) is 2.12. The van der Waals surface area contributed by atoms with Gasteiger partial charge in [-0.25, -0.2) is 9.07 Å². The van der Waals surface area contributed by atoms with E-state index in [9.17, 15) is 9.18 Å². The van der Waals surface area contributed by atoms with Gasteiger partial charge in [0.1, 0.15) is 10.6 Å². The Bertz CT molecular complexity index is 974. The summed E-state index contributed by atoms with van der Waals surface area (Å²) in [6, 6.07) is 9.09. The van der Waals surface area contributed by atoms with Crippen LogP contribution in [-0.2, 0) is 0 Å². The van der Waals surface area contributed by atoms with Crippen LogP contribution in [-0.4, -0.2) is 46.3 Å². The number of aryl methyl sites for hydroxylation is 1. The van der Waals surface area contributed by atoms with E-state index in [-0.39, 0.29) is 11.7 Å². The molecule has 142 valence electrons. The van der Waals surface area contributed by atoms with E-state index in [4.69, 9.17) is 0 Å². The molecule has 1 aliphatic rings. The van der Waals surface area contributed by atoms with Gasteiger partial charge in [-0.15, -0.1) is 11.3 Å². The van der Waals surface area contributed by atoms with Crippen molar-refractivity contribution in [2.45, 2.75) is 38.8 Å². The first-order valence-corrected chi connectivity index (χ1v) is 10.0. The zero-order valence-corrected chi connectivity index (χ0v) is 16.5. The maximum absolute atomic E-state index is 13.2. The number of thiophene rings is 1. The van der Waals surface area contributed by atoms with Gasteiger partial charge in [0.2, 0.25) is 0 Å². The molecule has 3 aromatic rings. The van der Waals surface area contributed by atoms with E-state index in [2.05, 4.69) is 29.3 Å². The van der Waals surface area contributed by atoms with Crippen LogP contribution >= 0.6 is 11.3 Å². The van der Waals surface area contributed by atoms with E-state index in [1.807, 2.05) is 13.0 Å². The quantitative estimate of drug-likeness (QED) is 0.702. The minimum Gasteiger partial charge on any atom is -0.350 e. The molecule has 27 heavy (non-hydrogen) atoms. The molecule has 1 atom stereocenters. The fourth-order valence-electron chi connectivity index (χ4n) is 3.23. The van der Waals surface area contributed by atoms with Gasteiger partial charge in [0.25, 0.3) is 5.91 Å². The molecular weight excluding hydrogens is 363 g/mol. The van der Waals surface area contributed by atoms with E-state index >= 15 is 0 Å². The highest BCUT2D eigenvalue weighted by molar-refractivity contribution is 7.20. The second-order valence-corrected chi connectivity index (χ2v) is 8.29. The number of halogens is 1. The molecular formula is C20H23FN4OS. The zero-order valence-electron chi connectivity index (χ0n) is 15.7. The summed E-state index contributed by atoms with van der Waals surface area (Å²) in [5.41, 5.74) is 1.63. The molecule has 1 saturated carbocycles. The van der Waals surface area contributed by atoms with Crippen molar-refractivity contribution in [1.29, 1.82) is 0 Å². The number of fused-ring (bicyclic) bond motifs is 1. The molecule has 0 bridgehead atoms. The van der Waals surface area contributed by atoms with Crippen LogP contribution in [0.3, 0.4) is 0 Å². The maximum atomic E-state index is 13.2. The smallest absolute Gasteiger partial charge is 0.261 e. The van der Waals surface area contributed by atoms with Crippen LogP contribution in [0, 0.1) is 12.7 Å². The lowest BCUT2D eigenvalue weighted by Gasteiger charge is -2.24. The molecule has 1 aromatic carbocycles. The summed E-state index contributed by atoms with van der Waals surface area (Å²) in [6.07, 6.45) is 2.51. The fraction of sp³-hybridized carbons (Fsp3) is 0.400. The number of benzene rings is 1. The summed E-state index contributed by atoms with van der Waals surface area (Å²) in [5, 5.41) is 8.55. The molecule has 7 heteroatoms. The van der Waals surface area contributed by atoms with Gasteiger partial charge in [0.15, 0.2) is 0 Å². The molecule has 1 aliphatic carbocycles. The maximum Gasteiger partial charge on any atom is 0.261 e. The van der Waals surface area contributed by atoms with Gasteiger partial charge in [-0.1, -0.05) is 0 Å². The first-order valence-electron chi connectivity index (χ1n) is 9.19. The van der Waals surface area contributed by atoms with Crippen molar-refractivity contribution in [3.8, 4) is 5.69 Å². The summed E-state index contributed by atoms with van der Waals surface area (Å²) in [4.78, 5) is 16.5. The third-order valence-electron chi connectivity index (χ3n) is 5.22. The lowest BCUT2D eigenvalue weighted by Crippen LogP contribution is -2.41. The highest BCUT2D eigenvalue weighted by atomic mass is 32.1. The average Bonchev–Trinajstić information content (AvgIpc) is 3.34. The van der Waals surface area contributed by atoms with Gasteiger partial charge in [0.05, 0.1) is 16.3 Å². The molecule has 2 heterocycles. The highest BCUT2D eigenvalue weighted by Crippen LogP contribution is 2.30. The average molecular weight is 386 g/mol. The zero-order chi connectivity index (χ0) is 19.1. The third-order valence-corrected chi connectivity index (χ3v) is 6.33. The number of nitrogens with zero attached hydrogens (tertiary/aromatic N) is 3. The Morgan fingerprint density at radius 3 is 2.78 bits per heavy atom. The number of amides is 1. The van der Waals surface area contributed by atoms with Crippen LogP contribution in [0.15, 0.2) is 30.3 Å². The Labute approximate surface area is 161 Å². The van der Waals surface area contributed by atoms with Crippen molar-refractivity contribution in [2.24, 2.45) is 0 Å². The number of aromatic nitrogens is 2. The topological polar surface area (TPSA) is 50.2 Å². The Balaban J connectivity index is 1.53. The fourth-order valence-corrected chi connectivity index (χ4v) is 4.33. The summed E-state index contributed by atoms with van der Waals surface area (Å²) in [6.45, 7) is 4.69. The lowest BCUT2D eigenvalue weighted by atomic mass is 10.2. The van der Waals surface area contributed by atoms with Crippen LogP contribution in [0.5, 0.6) is 0 Å². The summed E-state index contributed by atoms with van der Waals surface area (Å²) in [5.74, 6) is -0.340. The Morgan fingerprint density at radius 1 is 1.41 bits per heavy atom. The largest absolute Gasteiger partial charge is 0.350 e. The van der Waals surface area contributed by atoms with Crippen LogP contribution in [0.25, 0.3) is 15.9 Å². The molecule has 4 rings (SSSR count). The first-order chi connectivity index (χ1) is 12.9. The molecule has 5 nitrogen and oxygen atoms in total. The van der Waals surface area contributed by atoms with Crippen molar-refractivity contribution in [3.63, 3.8) is 0 Å². The van der Waals surface area contributed by atoms with Crippen LogP contribution in [0.2, 0.25) is 0 Å². The monoisotopic (exact) mass is 386 g/mol. The van der Waals surface area contributed by atoms with Crippen LogP contribution in [0.4, 0.5) is 4.39 Å². The van der Waals surface area contributed by atoms with Gasteiger partial charge < -0.3 is 5.32 Å². The van der Waals surface area contributed by atoms with Gasteiger partial charge in [-0.2, -0.15) is 5.10 Å². The SMILES string of the molecule is Cc1nn(-c2ccc(F)cc2)c2sc(C(=O)NCC(C)N(C)C3CC3)cc12. The number of carbonyl (C=O) groups excluding carboxylic acids is 1. The van der Waals surface area contributed by atoms with Gasteiger partial charge >= 0.3 is 0 Å². The van der Waals surface area contributed by atoms with Gasteiger partial charge in [0, 0.05) is 24.0 Å². The number of nitrogens with one attached hydrogen (secondary N) is 1. The molecule has 1 fully saturated rings. The predicted octanol–water partition coefficient (Wildman–Crippen LogP) is 3.75. The standard InChI is InChI=1S/C20H23FN4OS/c1-12(24(3)15-8-9-15)11-22-19(26)18-10-17-13(2)23-25(20(17)27-18)16-6-4-14(21)5-7-16/h4-7,10,12,15H,8-9,11H2,1-3H3,(H,22,26). The highest BCUT2D eigenvalue weighted by Gasteiger charge is 2.29. The summed E-state index contributed by atoms with van der Waals surface area (Å²) >= 11 is 1.41. The van der Waals surface area contributed by atoms with E-state index < -0.39 is 0 Å². The molecule has 2 aromatic heterocycles. The van der Waals surface area contributed by atoms with Crippen LogP contribution < -0.4 is 5.32 Å². The molecule has 1 amide bonds. The van der Waals surface area contributed by atoms with E-state index in [1.54, 1.807) is 16.8 Å². The first kappa shape index (κ1) is 18.1. The van der Waals surface area contributed by atoms with Crippen molar-refractivity contribution in [2.75, 3.05) is 13.6 Å². The molecule has 0 aliphatic heterocycles. The molecule has 1 N–H and O–H groups in total. The predicted molar refractivity (Wildman–Crippen MR) is 106 cm³/mol. The van der Waals surface area contributed by atoms with Gasteiger partial charge in [-0.05, 0) is 64.1 Å². The van der Waals surface area contributed by atoms with Crippen molar-refractivity contribution < 1.29 is 9.18 Å². The number of carbonyl (C=O) groups is 1. The molecule has 0 radical (unpaired) electrons. The Morgan fingerprint density at radius 2 is 2.11 bits per heavy atom. The van der Waals surface area contributed by atoms with Crippen molar-refractivity contribution in [1.82, 2.24) is 20.0 Å². The molecule has 0 saturated heterocycles. The van der Waals surface area contributed by atoms with E-state index in [0.29, 0.717) is 23.5 Å². The van der Waals surface area contributed by atoms with Crippen molar-refractivity contribution >= 4 is 27.5 Å². The van der Waals surface area contributed by atoms with E-state index in [1.165, 1.54) is 36.3 Å². The number of rotatable bonds is 6. The van der Waals surface area contributed by atoms with Crippen LogP contribution in [0.1, 0.15) is 35.1 Å². The second-order valence-electron chi connectivity index (χ2n) is 7.26. The lowest BCUT2D eigenvalue weighted by molar-refractivity contribution is 0.0943. The Hall–Kier alpha value is -2.25. The molecule has 1 unspecified atom stereocenters. The minimum atomic E-state index is -0.282. The number of hydrogen-bond donors (Lipinski definition) is 1. The molecule has 0 spiro atoms.